The zero-order valence-corrected chi connectivity index (χ0v) is 19.7. The number of hydrogen-bond acceptors (Lipinski definition) is 3. The Morgan fingerprint density at radius 3 is 2.52 bits per heavy atom. The number of nitrogens with one attached hydrogen (secondary N) is 3. The highest BCUT2D eigenvalue weighted by Crippen LogP contribution is 2.51. The molecule has 5 nitrogen and oxygen atoms in total. The van der Waals surface area contributed by atoms with E-state index in [1.807, 2.05) is 24.8 Å². The van der Waals surface area contributed by atoms with Gasteiger partial charge in [0.05, 0.1) is 6.54 Å². The lowest BCUT2D eigenvalue weighted by Gasteiger charge is -2.16. The fourth-order valence-corrected chi connectivity index (χ4v) is 3.71. The van der Waals surface area contributed by atoms with Crippen LogP contribution in [0.25, 0.3) is 0 Å². The largest absolute Gasteiger partial charge is 0.357 e. The third-order valence-corrected chi connectivity index (χ3v) is 5.90. The molecule has 2 rings (SSSR count). The first-order valence-electron chi connectivity index (χ1n) is 9.62. The number of benzene rings is 1. The summed E-state index contributed by atoms with van der Waals surface area (Å²) in [6.07, 6.45) is 3.81. The maximum Gasteiger partial charge on any atom is 0.221 e. The van der Waals surface area contributed by atoms with Crippen molar-refractivity contribution >= 4 is 47.6 Å². The van der Waals surface area contributed by atoms with E-state index in [2.05, 4.69) is 54.1 Å². The van der Waals surface area contributed by atoms with E-state index in [1.54, 1.807) is 0 Å². The molecule has 0 saturated heterocycles. The monoisotopic (exact) mass is 504 g/mol. The van der Waals surface area contributed by atoms with E-state index in [9.17, 15) is 4.79 Å². The van der Waals surface area contributed by atoms with Gasteiger partial charge < -0.3 is 16.0 Å². The number of carbonyl (C=O) groups excluding carboxylic acids is 1. The molecule has 0 spiro atoms. The second kappa shape index (κ2) is 12.5. The molecule has 1 fully saturated rings. The van der Waals surface area contributed by atoms with Crippen LogP contribution in [-0.2, 0) is 4.79 Å². The average molecular weight is 504 g/mol. The van der Waals surface area contributed by atoms with Crippen molar-refractivity contribution in [3.8, 4) is 0 Å². The standard InChI is InChI=1S/C20H32N4OS.HI/c1-4-16(3)24-18(25)11-14-22-19(21-5-2)23-15-20(12-13-20)26-17-9-7-6-8-10-17;/h6-10,16H,4-5,11-15H2,1-3H3,(H,24,25)(H2,21,22,23);1H. The van der Waals surface area contributed by atoms with Gasteiger partial charge in [-0.25, -0.2) is 0 Å². The van der Waals surface area contributed by atoms with Crippen molar-refractivity contribution < 1.29 is 4.79 Å². The van der Waals surface area contributed by atoms with E-state index < -0.39 is 0 Å². The molecule has 1 amide bonds. The number of amides is 1. The number of guanidine groups is 1. The summed E-state index contributed by atoms with van der Waals surface area (Å²) in [6, 6.07) is 10.8. The van der Waals surface area contributed by atoms with Crippen molar-refractivity contribution in [2.75, 3.05) is 19.6 Å². The molecule has 0 radical (unpaired) electrons. The summed E-state index contributed by atoms with van der Waals surface area (Å²) in [4.78, 5) is 17.9. The molecule has 1 aliphatic rings. The third-order valence-electron chi connectivity index (χ3n) is 4.42. The first kappa shape index (κ1) is 24.1. The minimum absolute atomic E-state index is 0. The smallest absolute Gasteiger partial charge is 0.221 e. The van der Waals surface area contributed by atoms with Crippen LogP contribution < -0.4 is 16.0 Å². The molecule has 1 aromatic carbocycles. The van der Waals surface area contributed by atoms with Crippen LogP contribution in [0.15, 0.2) is 40.2 Å². The molecule has 0 bridgehead atoms. The molecule has 1 aliphatic carbocycles. The summed E-state index contributed by atoms with van der Waals surface area (Å²) in [7, 11) is 0. The van der Waals surface area contributed by atoms with E-state index in [1.165, 1.54) is 17.7 Å². The molecule has 1 unspecified atom stereocenters. The number of carbonyl (C=O) groups is 1. The van der Waals surface area contributed by atoms with Crippen molar-refractivity contribution in [2.24, 2.45) is 4.99 Å². The van der Waals surface area contributed by atoms with Crippen molar-refractivity contribution in [2.45, 2.75) is 62.1 Å². The van der Waals surface area contributed by atoms with E-state index in [-0.39, 0.29) is 40.7 Å². The molecular formula is C20H33IN4OS. The summed E-state index contributed by atoms with van der Waals surface area (Å²) < 4.78 is 0.234. The molecule has 1 atom stereocenters. The number of hydrogen-bond donors (Lipinski definition) is 3. The lowest BCUT2D eigenvalue weighted by Crippen LogP contribution is -2.40. The summed E-state index contributed by atoms with van der Waals surface area (Å²) >= 11 is 1.93. The van der Waals surface area contributed by atoms with Crippen molar-refractivity contribution in [3.05, 3.63) is 30.3 Å². The summed E-state index contributed by atoms with van der Waals surface area (Å²) in [6.45, 7) is 8.34. The highest BCUT2D eigenvalue weighted by atomic mass is 127. The minimum atomic E-state index is 0. The second-order valence-electron chi connectivity index (χ2n) is 6.85. The van der Waals surface area contributed by atoms with Gasteiger partial charge in [-0.15, -0.1) is 35.7 Å². The normalized spacial score (nSPS) is 16.0. The highest BCUT2D eigenvalue weighted by Gasteiger charge is 2.43. The van der Waals surface area contributed by atoms with Gasteiger partial charge >= 0.3 is 0 Å². The molecule has 3 N–H and O–H groups in total. The van der Waals surface area contributed by atoms with E-state index in [0.29, 0.717) is 13.0 Å². The Morgan fingerprint density at radius 1 is 1.22 bits per heavy atom. The molecule has 152 valence electrons. The molecular weight excluding hydrogens is 471 g/mol. The van der Waals surface area contributed by atoms with Crippen LogP contribution in [0.5, 0.6) is 0 Å². The SMILES string of the molecule is CCNC(=NCC1(Sc2ccccc2)CC1)NCCC(=O)NC(C)CC.I. The highest BCUT2D eigenvalue weighted by molar-refractivity contribution is 14.0. The number of halogens is 1. The first-order chi connectivity index (χ1) is 12.6. The zero-order chi connectivity index (χ0) is 18.8. The molecule has 0 aliphatic heterocycles. The third kappa shape index (κ3) is 9.19. The van der Waals surface area contributed by atoms with Crippen LogP contribution in [0.3, 0.4) is 0 Å². The topological polar surface area (TPSA) is 65.5 Å². The van der Waals surface area contributed by atoms with Crippen molar-refractivity contribution in [1.82, 2.24) is 16.0 Å². The summed E-state index contributed by atoms with van der Waals surface area (Å²) in [5.74, 6) is 0.879. The molecule has 1 saturated carbocycles. The predicted molar refractivity (Wildman–Crippen MR) is 126 cm³/mol. The van der Waals surface area contributed by atoms with E-state index >= 15 is 0 Å². The Morgan fingerprint density at radius 2 is 1.93 bits per heavy atom. The van der Waals surface area contributed by atoms with E-state index in [4.69, 9.17) is 4.99 Å². The van der Waals surface area contributed by atoms with Gasteiger partial charge in [-0.3, -0.25) is 9.79 Å². The number of rotatable bonds is 10. The summed E-state index contributed by atoms with van der Waals surface area (Å²) in [5, 5.41) is 9.53. The van der Waals surface area contributed by atoms with Gasteiger partial charge in [-0.05, 0) is 45.2 Å². The number of nitrogens with zero attached hydrogens (tertiary/aromatic N) is 1. The van der Waals surface area contributed by atoms with Crippen LogP contribution in [0, 0.1) is 0 Å². The van der Waals surface area contributed by atoms with Crippen LogP contribution in [0.1, 0.15) is 46.5 Å². The maximum absolute atomic E-state index is 11.9. The Kier molecular flexibility index (Phi) is 11.1. The fourth-order valence-electron chi connectivity index (χ4n) is 2.48. The van der Waals surface area contributed by atoms with Gasteiger partial charge in [0, 0.05) is 35.2 Å². The fraction of sp³-hybridized carbons (Fsp3) is 0.600. The van der Waals surface area contributed by atoms with Crippen LogP contribution in [0.4, 0.5) is 0 Å². The predicted octanol–water partition coefficient (Wildman–Crippen LogP) is 3.79. The van der Waals surface area contributed by atoms with Crippen molar-refractivity contribution in [1.29, 1.82) is 0 Å². The van der Waals surface area contributed by atoms with Gasteiger partial charge in [0.1, 0.15) is 0 Å². The maximum atomic E-state index is 11.9. The number of thioether (sulfide) groups is 1. The van der Waals surface area contributed by atoms with Gasteiger partial charge in [0.25, 0.3) is 0 Å². The molecule has 7 heteroatoms. The Hall–Kier alpha value is -0.960. The average Bonchev–Trinajstić information content (AvgIpc) is 3.40. The quantitative estimate of drug-likeness (QED) is 0.258. The van der Waals surface area contributed by atoms with Crippen LogP contribution in [-0.4, -0.2) is 42.3 Å². The van der Waals surface area contributed by atoms with Gasteiger partial charge in [0.2, 0.25) is 5.91 Å². The van der Waals surface area contributed by atoms with Gasteiger partial charge in [-0.2, -0.15) is 0 Å². The van der Waals surface area contributed by atoms with Crippen LogP contribution >= 0.6 is 35.7 Å². The van der Waals surface area contributed by atoms with E-state index in [0.717, 1.165) is 25.5 Å². The van der Waals surface area contributed by atoms with Crippen LogP contribution in [0.2, 0.25) is 0 Å². The minimum Gasteiger partial charge on any atom is -0.357 e. The van der Waals surface area contributed by atoms with Gasteiger partial charge in [0.15, 0.2) is 5.96 Å². The summed E-state index contributed by atoms with van der Waals surface area (Å²) in [5.41, 5.74) is 0. The number of aliphatic imine (C=N–C) groups is 1. The first-order valence-corrected chi connectivity index (χ1v) is 10.4. The lowest BCUT2D eigenvalue weighted by atomic mass is 10.2. The lowest BCUT2D eigenvalue weighted by molar-refractivity contribution is -0.121. The molecule has 27 heavy (non-hydrogen) atoms. The van der Waals surface area contributed by atoms with Crippen molar-refractivity contribution in [3.63, 3.8) is 0 Å². The Balaban J connectivity index is 0.00000364. The second-order valence-corrected chi connectivity index (χ2v) is 8.39. The zero-order valence-electron chi connectivity index (χ0n) is 16.6. The Bertz CT molecular complexity index is 593. The van der Waals surface area contributed by atoms with Gasteiger partial charge in [-0.1, -0.05) is 25.1 Å². The molecule has 0 heterocycles. The molecule has 1 aromatic rings. The molecule has 0 aromatic heterocycles. The Labute approximate surface area is 185 Å².